The molecule has 1 aromatic heterocycles. The van der Waals surface area contributed by atoms with Gasteiger partial charge in [0.15, 0.2) is 0 Å². The van der Waals surface area contributed by atoms with Crippen molar-refractivity contribution in [3.05, 3.63) is 11.6 Å². The third-order valence-corrected chi connectivity index (χ3v) is 6.80. The zero-order valence-electron chi connectivity index (χ0n) is 16.5. The monoisotopic (exact) mass is 375 g/mol. The number of aromatic nitrogens is 3. The Balaban J connectivity index is 1.35. The Morgan fingerprint density at radius 3 is 2.67 bits per heavy atom. The first kappa shape index (κ1) is 18.9. The van der Waals surface area contributed by atoms with Crippen molar-refractivity contribution in [2.75, 3.05) is 20.2 Å². The number of piperidine rings is 1. The molecule has 1 aliphatic carbocycles. The highest BCUT2D eigenvalue weighted by Gasteiger charge is 2.36. The lowest BCUT2D eigenvalue weighted by atomic mass is 9.83. The molecular weight excluding hydrogens is 342 g/mol. The molecular formula is C20H33N5O2. The average Bonchev–Trinajstić information content (AvgIpc) is 2.96. The zero-order chi connectivity index (χ0) is 18.8. The third kappa shape index (κ3) is 3.90. The number of hydrogen-bond acceptors (Lipinski definition) is 5. The minimum atomic E-state index is 0.0108. The van der Waals surface area contributed by atoms with Crippen LogP contribution in [0.25, 0.3) is 0 Å². The number of ether oxygens (including phenoxy) is 1. The Labute approximate surface area is 161 Å². The predicted octanol–water partition coefficient (Wildman–Crippen LogP) is 1.85. The molecule has 0 spiro atoms. The van der Waals surface area contributed by atoms with Crippen LogP contribution in [0.3, 0.4) is 0 Å². The Kier molecular flexibility index (Phi) is 5.78. The molecule has 0 radical (unpaired) electrons. The molecule has 2 N–H and O–H groups in total. The van der Waals surface area contributed by atoms with Crippen molar-refractivity contribution in [1.29, 1.82) is 0 Å². The van der Waals surface area contributed by atoms with Crippen LogP contribution in [0.15, 0.2) is 0 Å². The molecule has 1 saturated carbocycles. The first-order valence-electron chi connectivity index (χ1n) is 10.7. The van der Waals surface area contributed by atoms with Gasteiger partial charge >= 0.3 is 0 Å². The van der Waals surface area contributed by atoms with Crippen molar-refractivity contribution in [1.82, 2.24) is 19.7 Å². The van der Waals surface area contributed by atoms with Crippen LogP contribution in [-0.2, 0) is 22.5 Å². The van der Waals surface area contributed by atoms with Gasteiger partial charge in [-0.05, 0) is 44.9 Å². The standard InChI is InChI=1S/C20H33N5O2/c1-27-17-13-15(6-7-16(17)21)20(26)24-11-8-14(9-12-24)19-23-22-18-5-3-2-4-10-25(18)19/h14-17H,2-13,21H2,1H3/t15-,16+,17+/m0/s1. The van der Waals surface area contributed by atoms with Crippen LogP contribution in [0, 0.1) is 5.92 Å². The fraction of sp³-hybridized carbons (Fsp3) is 0.850. The number of carbonyl (C=O) groups excluding carboxylic acids is 1. The van der Waals surface area contributed by atoms with Gasteiger partial charge in [-0.15, -0.1) is 10.2 Å². The van der Waals surface area contributed by atoms with E-state index in [9.17, 15) is 4.79 Å². The molecule has 2 fully saturated rings. The van der Waals surface area contributed by atoms with Crippen LogP contribution in [0.4, 0.5) is 0 Å². The molecule has 3 aliphatic rings. The van der Waals surface area contributed by atoms with Gasteiger partial charge in [-0.25, -0.2) is 0 Å². The summed E-state index contributed by atoms with van der Waals surface area (Å²) < 4.78 is 7.85. The number of likely N-dealkylation sites (tertiary alicyclic amines) is 1. The molecule has 2 aliphatic heterocycles. The second kappa shape index (κ2) is 8.27. The predicted molar refractivity (Wildman–Crippen MR) is 102 cm³/mol. The highest BCUT2D eigenvalue weighted by atomic mass is 16.5. The van der Waals surface area contributed by atoms with Crippen LogP contribution < -0.4 is 5.73 Å². The van der Waals surface area contributed by atoms with E-state index in [0.717, 1.165) is 69.8 Å². The summed E-state index contributed by atoms with van der Waals surface area (Å²) in [7, 11) is 1.70. The molecule has 7 heteroatoms. The van der Waals surface area contributed by atoms with Crippen LogP contribution in [0.5, 0.6) is 0 Å². The zero-order valence-corrected chi connectivity index (χ0v) is 16.5. The number of carbonyl (C=O) groups is 1. The Hall–Kier alpha value is -1.47. The summed E-state index contributed by atoms with van der Waals surface area (Å²) in [6.07, 6.45) is 9.28. The average molecular weight is 376 g/mol. The molecule has 27 heavy (non-hydrogen) atoms. The number of hydrogen-bond donors (Lipinski definition) is 1. The summed E-state index contributed by atoms with van der Waals surface area (Å²) in [4.78, 5) is 15.0. The Morgan fingerprint density at radius 2 is 1.89 bits per heavy atom. The summed E-state index contributed by atoms with van der Waals surface area (Å²) in [6.45, 7) is 2.70. The number of amides is 1. The number of methoxy groups -OCH3 is 1. The first-order chi connectivity index (χ1) is 13.2. The summed E-state index contributed by atoms with van der Waals surface area (Å²) in [5.74, 6) is 3.10. The summed E-state index contributed by atoms with van der Waals surface area (Å²) in [5.41, 5.74) is 6.10. The minimum Gasteiger partial charge on any atom is -0.380 e. The van der Waals surface area contributed by atoms with Crippen LogP contribution in [0.2, 0.25) is 0 Å². The van der Waals surface area contributed by atoms with E-state index in [1.165, 1.54) is 19.3 Å². The van der Waals surface area contributed by atoms with Gasteiger partial charge in [0.1, 0.15) is 11.6 Å². The lowest BCUT2D eigenvalue weighted by molar-refractivity contribution is -0.139. The Morgan fingerprint density at radius 1 is 1.07 bits per heavy atom. The molecule has 0 bridgehead atoms. The number of nitrogens with zero attached hydrogens (tertiary/aromatic N) is 4. The maximum Gasteiger partial charge on any atom is 0.225 e. The fourth-order valence-corrected chi connectivity index (χ4v) is 5.07. The van der Waals surface area contributed by atoms with Crippen molar-refractivity contribution in [2.45, 2.75) is 82.4 Å². The van der Waals surface area contributed by atoms with Crippen molar-refractivity contribution < 1.29 is 9.53 Å². The maximum atomic E-state index is 13.0. The molecule has 0 unspecified atom stereocenters. The smallest absolute Gasteiger partial charge is 0.225 e. The topological polar surface area (TPSA) is 86.3 Å². The number of nitrogens with two attached hydrogens (primary N) is 1. The van der Waals surface area contributed by atoms with E-state index in [-0.39, 0.29) is 18.1 Å². The second-order valence-electron chi connectivity index (χ2n) is 8.48. The molecule has 4 rings (SSSR count). The Bertz CT molecular complexity index is 653. The van der Waals surface area contributed by atoms with E-state index >= 15 is 0 Å². The van der Waals surface area contributed by atoms with Crippen LogP contribution in [-0.4, -0.2) is 57.9 Å². The lowest BCUT2D eigenvalue weighted by Gasteiger charge is -2.37. The van der Waals surface area contributed by atoms with Crippen molar-refractivity contribution >= 4 is 5.91 Å². The van der Waals surface area contributed by atoms with Gasteiger partial charge in [-0.1, -0.05) is 6.42 Å². The van der Waals surface area contributed by atoms with E-state index in [2.05, 4.69) is 19.7 Å². The van der Waals surface area contributed by atoms with E-state index in [1.807, 2.05) is 0 Å². The third-order valence-electron chi connectivity index (χ3n) is 6.80. The molecule has 3 heterocycles. The maximum absolute atomic E-state index is 13.0. The molecule has 1 amide bonds. The largest absolute Gasteiger partial charge is 0.380 e. The second-order valence-corrected chi connectivity index (χ2v) is 8.48. The van der Waals surface area contributed by atoms with Crippen molar-refractivity contribution in [3.63, 3.8) is 0 Å². The van der Waals surface area contributed by atoms with Gasteiger partial charge in [0.2, 0.25) is 5.91 Å². The minimum absolute atomic E-state index is 0.0108. The number of fused-ring (bicyclic) bond motifs is 1. The molecule has 7 nitrogen and oxygen atoms in total. The highest BCUT2D eigenvalue weighted by Crippen LogP contribution is 2.32. The molecule has 0 aromatic carbocycles. The van der Waals surface area contributed by atoms with Gasteiger partial charge in [0.05, 0.1) is 6.10 Å². The van der Waals surface area contributed by atoms with E-state index in [0.29, 0.717) is 11.8 Å². The van der Waals surface area contributed by atoms with Gasteiger partial charge < -0.3 is 19.9 Å². The fourth-order valence-electron chi connectivity index (χ4n) is 5.07. The molecule has 1 aromatic rings. The highest BCUT2D eigenvalue weighted by molar-refractivity contribution is 5.79. The summed E-state index contributed by atoms with van der Waals surface area (Å²) >= 11 is 0. The molecule has 1 saturated heterocycles. The van der Waals surface area contributed by atoms with Gasteiger partial charge in [0, 0.05) is 51.0 Å². The summed E-state index contributed by atoms with van der Waals surface area (Å²) in [6, 6.07) is 0.0629. The van der Waals surface area contributed by atoms with Gasteiger partial charge in [-0.2, -0.15) is 0 Å². The van der Waals surface area contributed by atoms with Gasteiger partial charge in [-0.3, -0.25) is 4.79 Å². The van der Waals surface area contributed by atoms with Crippen LogP contribution in [0.1, 0.15) is 68.9 Å². The molecule has 150 valence electrons. The van der Waals surface area contributed by atoms with Gasteiger partial charge in [0.25, 0.3) is 0 Å². The lowest BCUT2D eigenvalue weighted by Crippen LogP contribution is -2.48. The van der Waals surface area contributed by atoms with Crippen molar-refractivity contribution in [3.8, 4) is 0 Å². The SMILES string of the molecule is CO[C@@H]1C[C@@H](C(=O)N2CCC(c3nnc4n3CCCCC4)CC2)CC[C@H]1N. The quantitative estimate of drug-likeness (QED) is 0.871. The number of rotatable bonds is 3. The number of aryl methyl sites for hydroxylation is 1. The van der Waals surface area contributed by atoms with Crippen molar-refractivity contribution in [2.24, 2.45) is 11.7 Å². The normalized spacial score (nSPS) is 30.0. The summed E-state index contributed by atoms with van der Waals surface area (Å²) in [5, 5.41) is 8.98. The molecule has 3 atom stereocenters. The van der Waals surface area contributed by atoms with Crippen LogP contribution >= 0.6 is 0 Å². The van der Waals surface area contributed by atoms with E-state index in [1.54, 1.807) is 7.11 Å². The first-order valence-corrected chi connectivity index (χ1v) is 10.7. The van der Waals surface area contributed by atoms with E-state index in [4.69, 9.17) is 10.5 Å². The van der Waals surface area contributed by atoms with E-state index < -0.39 is 0 Å².